The van der Waals surface area contributed by atoms with Gasteiger partial charge in [0.05, 0.1) is 0 Å². The molecule has 0 heterocycles. The first-order valence-corrected chi connectivity index (χ1v) is 10.5. The summed E-state index contributed by atoms with van der Waals surface area (Å²) in [6.07, 6.45) is 5.34. The molecule has 3 aromatic carbocycles. The van der Waals surface area contributed by atoms with Gasteiger partial charge >= 0.3 is 0 Å². The minimum absolute atomic E-state index is 0.773. The van der Waals surface area contributed by atoms with Crippen LogP contribution in [-0.2, 0) is 4.57 Å². The van der Waals surface area contributed by atoms with Gasteiger partial charge in [0.15, 0.2) is 7.14 Å². The molecule has 2 heteroatoms. The predicted octanol–water partition coefficient (Wildman–Crippen LogP) is 5.56. The van der Waals surface area contributed by atoms with E-state index in [0.29, 0.717) is 0 Å². The van der Waals surface area contributed by atoms with Crippen LogP contribution in [-0.4, -0.2) is 0 Å². The van der Waals surface area contributed by atoms with Crippen LogP contribution in [0.2, 0.25) is 0 Å². The number of aryl methyl sites for hydroxylation is 1. The van der Waals surface area contributed by atoms with Crippen LogP contribution in [0.1, 0.15) is 22.3 Å². The van der Waals surface area contributed by atoms with Crippen LogP contribution in [0.5, 0.6) is 0 Å². The lowest BCUT2D eigenvalue weighted by molar-refractivity contribution is 0.592. The highest BCUT2D eigenvalue weighted by Crippen LogP contribution is 2.45. The van der Waals surface area contributed by atoms with Gasteiger partial charge in [-0.1, -0.05) is 105 Å². The van der Waals surface area contributed by atoms with Crippen molar-refractivity contribution in [1.82, 2.24) is 0 Å². The number of rotatable bonds is 6. The maximum absolute atomic E-state index is 14.9. The standard InChI is InChI=1S/C25H23OP/c1-5-20-14-12-18-25(23(20)7-3)27(26,21-15-9-8-10-16-21)24-17-11-13-19(4)22(24)6-2/h5-18H,1-3H2,4H3. The van der Waals surface area contributed by atoms with Gasteiger partial charge < -0.3 is 4.57 Å². The largest absolute Gasteiger partial charge is 0.309 e. The number of hydrogen-bond donors (Lipinski definition) is 0. The van der Waals surface area contributed by atoms with Crippen LogP contribution >= 0.6 is 7.14 Å². The molecular weight excluding hydrogens is 347 g/mol. The lowest BCUT2D eigenvalue weighted by Gasteiger charge is -2.25. The Morgan fingerprint density at radius 3 is 1.89 bits per heavy atom. The molecule has 134 valence electrons. The Kier molecular flexibility index (Phi) is 5.44. The predicted molar refractivity (Wildman–Crippen MR) is 121 cm³/mol. The molecule has 0 spiro atoms. The Morgan fingerprint density at radius 2 is 1.30 bits per heavy atom. The molecule has 3 rings (SSSR count). The molecule has 0 saturated carbocycles. The number of hydrogen-bond acceptors (Lipinski definition) is 1. The van der Waals surface area contributed by atoms with Gasteiger partial charge in [-0.25, -0.2) is 0 Å². The highest BCUT2D eigenvalue weighted by molar-refractivity contribution is 7.85. The van der Waals surface area contributed by atoms with E-state index in [-0.39, 0.29) is 0 Å². The molecule has 1 nitrogen and oxygen atoms in total. The highest BCUT2D eigenvalue weighted by atomic mass is 31.2. The zero-order chi connectivity index (χ0) is 19.4. The van der Waals surface area contributed by atoms with Gasteiger partial charge in [0, 0.05) is 15.9 Å². The van der Waals surface area contributed by atoms with E-state index in [4.69, 9.17) is 0 Å². The first-order chi connectivity index (χ1) is 13.1. The van der Waals surface area contributed by atoms with Gasteiger partial charge in [0.1, 0.15) is 0 Å². The van der Waals surface area contributed by atoms with Crippen LogP contribution in [0.25, 0.3) is 18.2 Å². The molecule has 0 radical (unpaired) electrons. The van der Waals surface area contributed by atoms with Gasteiger partial charge in [-0.3, -0.25) is 0 Å². The Hall–Kier alpha value is -2.89. The maximum atomic E-state index is 14.9. The van der Waals surface area contributed by atoms with E-state index in [1.807, 2.05) is 73.7 Å². The van der Waals surface area contributed by atoms with Crippen molar-refractivity contribution in [3.63, 3.8) is 0 Å². The quantitative estimate of drug-likeness (QED) is 0.519. The monoisotopic (exact) mass is 370 g/mol. The summed E-state index contributed by atoms with van der Waals surface area (Å²) in [4.78, 5) is 0. The van der Waals surface area contributed by atoms with E-state index >= 15 is 0 Å². The lowest BCUT2D eigenvalue weighted by atomic mass is 10.1. The fraction of sp³-hybridized carbons (Fsp3) is 0.0400. The summed E-state index contributed by atoms with van der Waals surface area (Å²) in [6.45, 7) is 13.9. The first-order valence-electron chi connectivity index (χ1n) is 8.84. The molecule has 0 fully saturated rings. The second kappa shape index (κ2) is 7.78. The zero-order valence-electron chi connectivity index (χ0n) is 15.6. The van der Waals surface area contributed by atoms with Crippen molar-refractivity contribution >= 4 is 41.3 Å². The van der Waals surface area contributed by atoms with Crippen molar-refractivity contribution in [1.29, 1.82) is 0 Å². The fourth-order valence-corrected chi connectivity index (χ4v) is 6.66. The Morgan fingerprint density at radius 1 is 0.704 bits per heavy atom. The molecular formula is C25H23OP. The first kappa shape index (κ1) is 18.9. The van der Waals surface area contributed by atoms with E-state index < -0.39 is 7.14 Å². The van der Waals surface area contributed by atoms with E-state index in [0.717, 1.165) is 38.2 Å². The summed E-state index contributed by atoms with van der Waals surface area (Å²) in [7, 11) is -3.14. The third kappa shape index (κ3) is 3.16. The number of benzene rings is 3. The Labute approximate surface area is 161 Å². The second-order valence-corrected chi connectivity index (χ2v) is 9.04. The van der Waals surface area contributed by atoms with E-state index in [1.54, 1.807) is 18.2 Å². The zero-order valence-corrected chi connectivity index (χ0v) is 16.5. The van der Waals surface area contributed by atoms with Crippen LogP contribution in [0.4, 0.5) is 0 Å². The van der Waals surface area contributed by atoms with E-state index in [1.165, 1.54) is 0 Å². The maximum Gasteiger partial charge on any atom is 0.172 e. The molecule has 0 aliphatic heterocycles. The summed E-state index contributed by atoms with van der Waals surface area (Å²) in [5.41, 5.74) is 3.75. The van der Waals surface area contributed by atoms with E-state index in [2.05, 4.69) is 19.7 Å². The van der Waals surface area contributed by atoms with Crippen molar-refractivity contribution in [2.45, 2.75) is 6.92 Å². The van der Waals surface area contributed by atoms with Gasteiger partial charge in [-0.2, -0.15) is 0 Å². The Bertz CT molecular complexity index is 1060. The SMILES string of the molecule is C=Cc1cccc(P(=O)(c2ccccc2)c2cccc(C)c2C=C)c1C=C. The van der Waals surface area contributed by atoms with Crippen molar-refractivity contribution in [3.05, 3.63) is 109 Å². The molecule has 3 aromatic rings. The molecule has 27 heavy (non-hydrogen) atoms. The Balaban J connectivity index is 2.49. The van der Waals surface area contributed by atoms with Crippen molar-refractivity contribution in [2.75, 3.05) is 0 Å². The van der Waals surface area contributed by atoms with E-state index in [9.17, 15) is 4.57 Å². The van der Waals surface area contributed by atoms with Crippen molar-refractivity contribution in [3.8, 4) is 0 Å². The normalized spacial score (nSPS) is 12.8. The molecule has 0 aromatic heterocycles. The molecule has 0 bridgehead atoms. The molecule has 0 amide bonds. The average Bonchev–Trinajstić information content (AvgIpc) is 2.72. The summed E-state index contributed by atoms with van der Waals surface area (Å²) in [6, 6.07) is 21.4. The minimum Gasteiger partial charge on any atom is -0.309 e. The topological polar surface area (TPSA) is 17.1 Å². The van der Waals surface area contributed by atoms with Crippen LogP contribution in [0, 0.1) is 6.92 Å². The lowest BCUT2D eigenvalue weighted by Crippen LogP contribution is -2.29. The van der Waals surface area contributed by atoms with Crippen LogP contribution in [0.15, 0.2) is 86.5 Å². The molecule has 0 N–H and O–H groups in total. The molecule has 1 atom stereocenters. The second-order valence-electron chi connectivity index (χ2n) is 6.34. The summed E-state index contributed by atoms with van der Waals surface area (Å²) < 4.78 is 14.9. The molecule has 1 unspecified atom stereocenters. The van der Waals surface area contributed by atoms with Crippen molar-refractivity contribution < 1.29 is 4.57 Å². The average molecular weight is 370 g/mol. The van der Waals surface area contributed by atoms with Crippen LogP contribution in [0.3, 0.4) is 0 Å². The highest BCUT2D eigenvalue weighted by Gasteiger charge is 2.33. The van der Waals surface area contributed by atoms with Gasteiger partial charge in [-0.15, -0.1) is 0 Å². The molecule has 0 aliphatic carbocycles. The third-order valence-electron chi connectivity index (χ3n) is 4.84. The molecule has 0 aliphatic rings. The van der Waals surface area contributed by atoms with Gasteiger partial charge in [0.25, 0.3) is 0 Å². The fourth-order valence-electron chi connectivity index (χ4n) is 3.50. The van der Waals surface area contributed by atoms with Crippen molar-refractivity contribution in [2.24, 2.45) is 0 Å². The van der Waals surface area contributed by atoms with Crippen LogP contribution < -0.4 is 15.9 Å². The third-order valence-corrected chi connectivity index (χ3v) is 8.01. The summed E-state index contributed by atoms with van der Waals surface area (Å²) in [5.74, 6) is 0. The smallest absolute Gasteiger partial charge is 0.172 e. The van der Waals surface area contributed by atoms with Gasteiger partial charge in [-0.05, 0) is 29.2 Å². The summed E-state index contributed by atoms with van der Waals surface area (Å²) >= 11 is 0. The summed E-state index contributed by atoms with van der Waals surface area (Å²) in [5, 5.41) is 2.37. The minimum atomic E-state index is -3.14. The molecule has 0 saturated heterocycles. The van der Waals surface area contributed by atoms with Gasteiger partial charge in [0.2, 0.25) is 0 Å².